The SMILES string of the molecule is CCC(C)C(=O)CSc1ccc(C(C)C)cc1. The van der Waals surface area contributed by atoms with Gasteiger partial charge in [-0.2, -0.15) is 0 Å². The van der Waals surface area contributed by atoms with Crippen LogP contribution in [0.4, 0.5) is 0 Å². The van der Waals surface area contributed by atoms with Gasteiger partial charge in [0.2, 0.25) is 0 Å². The molecule has 17 heavy (non-hydrogen) atoms. The molecule has 0 spiro atoms. The Morgan fingerprint density at radius 2 is 1.76 bits per heavy atom. The topological polar surface area (TPSA) is 17.1 Å². The molecule has 94 valence electrons. The molecule has 0 aliphatic carbocycles. The Balaban J connectivity index is 2.50. The van der Waals surface area contributed by atoms with E-state index in [4.69, 9.17) is 0 Å². The average molecular weight is 250 g/mol. The molecule has 1 aromatic rings. The Morgan fingerprint density at radius 1 is 1.18 bits per heavy atom. The minimum absolute atomic E-state index is 0.192. The first-order valence-electron chi connectivity index (χ1n) is 6.30. The van der Waals surface area contributed by atoms with E-state index in [2.05, 4.69) is 45.0 Å². The van der Waals surface area contributed by atoms with Crippen molar-refractivity contribution in [2.24, 2.45) is 5.92 Å². The summed E-state index contributed by atoms with van der Waals surface area (Å²) in [5.74, 6) is 1.70. The molecule has 0 aromatic heterocycles. The lowest BCUT2D eigenvalue weighted by Gasteiger charge is -2.08. The van der Waals surface area contributed by atoms with E-state index < -0.39 is 0 Å². The zero-order valence-electron chi connectivity index (χ0n) is 11.2. The number of hydrogen-bond donors (Lipinski definition) is 0. The van der Waals surface area contributed by atoms with E-state index in [1.807, 2.05) is 6.92 Å². The largest absolute Gasteiger partial charge is 0.298 e. The summed E-state index contributed by atoms with van der Waals surface area (Å²) >= 11 is 1.64. The molecular formula is C15H22OS. The van der Waals surface area contributed by atoms with E-state index in [1.54, 1.807) is 11.8 Å². The van der Waals surface area contributed by atoms with Crippen LogP contribution in [-0.2, 0) is 4.79 Å². The van der Waals surface area contributed by atoms with Crippen molar-refractivity contribution in [2.45, 2.75) is 44.9 Å². The van der Waals surface area contributed by atoms with Crippen LogP contribution in [0.3, 0.4) is 0 Å². The lowest BCUT2D eigenvalue weighted by molar-refractivity contribution is -0.119. The van der Waals surface area contributed by atoms with Crippen molar-refractivity contribution in [1.82, 2.24) is 0 Å². The van der Waals surface area contributed by atoms with Gasteiger partial charge in [0.25, 0.3) is 0 Å². The maximum absolute atomic E-state index is 11.7. The molecule has 1 atom stereocenters. The van der Waals surface area contributed by atoms with E-state index in [0.29, 0.717) is 17.5 Å². The predicted molar refractivity (Wildman–Crippen MR) is 75.7 cm³/mol. The summed E-state index contributed by atoms with van der Waals surface area (Å²) in [5, 5.41) is 0. The first kappa shape index (κ1) is 14.3. The highest BCUT2D eigenvalue weighted by Gasteiger charge is 2.10. The van der Waals surface area contributed by atoms with Gasteiger partial charge in [0.1, 0.15) is 5.78 Å². The molecule has 0 aliphatic heterocycles. The van der Waals surface area contributed by atoms with Crippen LogP contribution >= 0.6 is 11.8 Å². The number of Topliss-reactive ketones (excluding diaryl/α,β-unsaturated/α-hetero) is 1. The molecule has 0 N–H and O–H groups in total. The Hall–Kier alpha value is -0.760. The van der Waals surface area contributed by atoms with Gasteiger partial charge in [-0.15, -0.1) is 11.8 Å². The lowest BCUT2D eigenvalue weighted by atomic mass is 10.0. The monoisotopic (exact) mass is 250 g/mol. The molecule has 2 heteroatoms. The number of ketones is 1. The smallest absolute Gasteiger partial charge is 0.145 e. The number of carbonyl (C=O) groups is 1. The highest BCUT2D eigenvalue weighted by Crippen LogP contribution is 2.22. The van der Waals surface area contributed by atoms with Gasteiger partial charge >= 0.3 is 0 Å². The quantitative estimate of drug-likeness (QED) is 0.691. The third-order valence-electron chi connectivity index (χ3n) is 3.09. The molecule has 1 unspecified atom stereocenters. The maximum atomic E-state index is 11.7. The van der Waals surface area contributed by atoms with Gasteiger partial charge < -0.3 is 0 Å². The fraction of sp³-hybridized carbons (Fsp3) is 0.533. The van der Waals surface area contributed by atoms with Gasteiger partial charge in [-0.3, -0.25) is 4.79 Å². The Labute approximate surface area is 109 Å². The molecule has 0 saturated heterocycles. The van der Waals surface area contributed by atoms with E-state index in [0.717, 1.165) is 6.42 Å². The van der Waals surface area contributed by atoms with Crippen LogP contribution in [0.25, 0.3) is 0 Å². The molecule has 0 saturated carbocycles. The molecule has 0 fully saturated rings. The fourth-order valence-corrected chi connectivity index (χ4v) is 2.40. The molecule has 1 nitrogen and oxygen atoms in total. The van der Waals surface area contributed by atoms with Crippen molar-refractivity contribution in [3.63, 3.8) is 0 Å². The molecule has 0 bridgehead atoms. The first-order valence-corrected chi connectivity index (χ1v) is 7.28. The van der Waals surface area contributed by atoms with Crippen molar-refractivity contribution in [2.75, 3.05) is 5.75 Å². The molecule has 0 aliphatic rings. The molecule has 1 aromatic carbocycles. The summed E-state index contributed by atoms with van der Waals surface area (Å²) in [6.45, 7) is 8.44. The number of benzene rings is 1. The third-order valence-corrected chi connectivity index (χ3v) is 4.12. The summed E-state index contributed by atoms with van der Waals surface area (Å²) in [7, 11) is 0. The second-order valence-electron chi connectivity index (χ2n) is 4.79. The number of hydrogen-bond acceptors (Lipinski definition) is 2. The lowest BCUT2D eigenvalue weighted by Crippen LogP contribution is -2.12. The Morgan fingerprint density at radius 3 is 2.24 bits per heavy atom. The average Bonchev–Trinajstić information content (AvgIpc) is 2.35. The molecule has 0 amide bonds. The minimum Gasteiger partial charge on any atom is -0.298 e. The van der Waals surface area contributed by atoms with Crippen LogP contribution in [0.15, 0.2) is 29.2 Å². The zero-order valence-corrected chi connectivity index (χ0v) is 12.0. The van der Waals surface area contributed by atoms with Crippen molar-refractivity contribution >= 4 is 17.5 Å². The van der Waals surface area contributed by atoms with E-state index >= 15 is 0 Å². The van der Waals surface area contributed by atoms with Gasteiger partial charge in [0.15, 0.2) is 0 Å². The summed E-state index contributed by atoms with van der Waals surface area (Å²) in [6.07, 6.45) is 0.936. The fourth-order valence-electron chi connectivity index (χ4n) is 1.47. The first-order chi connectivity index (χ1) is 8.04. The van der Waals surface area contributed by atoms with Crippen molar-refractivity contribution in [1.29, 1.82) is 0 Å². The highest BCUT2D eigenvalue weighted by atomic mass is 32.2. The highest BCUT2D eigenvalue weighted by molar-refractivity contribution is 8.00. The Kier molecular flexibility index (Phi) is 5.76. The van der Waals surface area contributed by atoms with Crippen LogP contribution in [0.2, 0.25) is 0 Å². The molecule has 1 rings (SSSR count). The summed E-state index contributed by atoms with van der Waals surface area (Å²) in [6, 6.07) is 8.54. The maximum Gasteiger partial charge on any atom is 0.145 e. The standard InChI is InChI=1S/C15H22OS/c1-5-12(4)15(16)10-17-14-8-6-13(7-9-14)11(2)3/h6-9,11-12H,5,10H2,1-4H3. The number of thioether (sulfide) groups is 1. The zero-order chi connectivity index (χ0) is 12.8. The second-order valence-corrected chi connectivity index (χ2v) is 5.84. The van der Waals surface area contributed by atoms with Crippen LogP contribution in [-0.4, -0.2) is 11.5 Å². The Bertz CT molecular complexity index is 354. The van der Waals surface area contributed by atoms with E-state index in [-0.39, 0.29) is 5.92 Å². The number of carbonyl (C=O) groups excluding carboxylic acids is 1. The molecule has 0 radical (unpaired) electrons. The van der Waals surface area contributed by atoms with Gasteiger partial charge in [0, 0.05) is 10.8 Å². The van der Waals surface area contributed by atoms with Crippen LogP contribution < -0.4 is 0 Å². The summed E-state index contributed by atoms with van der Waals surface area (Å²) < 4.78 is 0. The normalized spacial score (nSPS) is 12.8. The van der Waals surface area contributed by atoms with Gasteiger partial charge in [-0.1, -0.05) is 39.8 Å². The third kappa shape index (κ3) is 4.55. The second kappa shape index (κ2) is 6.85. The summed E-state index contributed by atoms with van der Waals surface area (Å²) in [5.41, 5.74) is 1.35. The van der Waals surface area contributed by atoms with Gasteiger partial charge in [0.05, 0.1) is 5.75 Å². The summed E-state index contributed by atoms with van der Waals surface area (Å²) in [4.78, 5) is 12.9. The van der Waals surface area contributed by atoms with Gasteiger partial charge in [-0.05, 0) is 30.0 Å². The van der Waals surface area contributed by atoms with Crippen molar-refractivity contribution in [3.05, 3.63) is 29.8 Å². The molecular weight excluding hydrogens is 228 g/mol. The van der Waals surface area contributed by atoms with E-state index in [9.17, 15) is 4.79 Å². The molecule has 0 heterocycles. The van der Waals surface area contributed by atoms with E-state index in [1.165, 1.54) is 10.5 Å². The van der Waals surface area contributed by atoms with Crippen LogP contribution in [0.1, 0.15) is 45.6 Å². The minimum atomic E-state index is 0.192. The predicted octanol–water partition coefficient (Wildman–Crippen LogP) is 4.52. The van der Waals surface area contributed by atoms with Gasteiger partial charge in [-0.25, -0.2) is 0 Å². The van der Waals surface area contributed by atoms with Crippen molar-refractivity contribution < 1.29 is 4.79 Å². The van der Waals surface area contributed by atoms with Crippen LogP contribution in [0, 0.1) is 5.92 Å². The van der Waals surface area contributed by atoms with Crippen molar-refractivity contribution in [3.8, 4) is 0 Å². The number of rotatable bonds is 6. The van der Waals surface area contributed by atoms with Crippen LogP contribution in [0.5, 0.6) is 0 Å².